The van der Waals surface area contributed by atoms with Crippen molar-refractivity contribution in [2.75, 3.05) is 6.54 Å². The van der Waals surface area contributed by atoms with Crippen LogP contribution in [0.3, 0.4) is 0 Å². The molecule has 3 rings (SSSR count). The lowest BCUT2D eigenvalue weighted by molar-refractivity contribution is 0.626. The average Bonchev–Trinajstić information content (AvgIpc) is 2.53. The Kier molecular flexibility index (Phi) is 4.27. The summed E-state index contributed by atoms with van der Waals surface area (Å²) in [7, 11) is 0. The number of fused-ring (bicyclic) bond motifs is 1. The third-order valence-electron chi connectivity index (χ3n) is 3.70. The van der Waals surface area contributed by atoms with Crippen LogP contribution in [0.4, 0.5) is 4.39 Å². The maximum atomic E-state index is 12.8. The average molecular weight is 279 g/mol. The van der Waals surface area contributed by atoms with Crippen molar-refractivity contribution in [3.63, 3.8) is 0 Å². The van der Waals surface area contributed by atoms with Crippen molar-refractivity contribution < 1.29 is 4.39 Å². The highest BCUT2D eigenvalue weighted by molar-refractivity contribution is 5.85. The molecule has 0 aliphatic rings. The van der Waals surface area contributed by atoms with E-state index in [0.717, 1.165) is 25.1 Å². The topological polar surface area (TPSA) is 12.0 Å². The Morgan fingerprint density at radius 1 is 0.810 bits per heavy atom. The Morgan fingerprint density at radius 2 is 1.57 bits per heavy atom. The zero-order valence-corrected chi connectivity index (χ0v) is 11.9. The van der Waals surface area contributed by atoms with Gasteiger partial charge in [-0.25, -0.2) is 4.39 Å². The fourth-order valence-electron chi connectivity index (χ4n) is 2.55. The minimum absolute atomic E-state index is 0.178. The molecule has 0 bridgehead atoms. The van der Waals surface area contributed by atoms with Gasteiger partial charge < -0.3 is 5.32 Å². The van der Waals surface area contributed by atoms with Crippen LogP contribution in [0.25, 0.3) is 10.8 Å². The monoisotopic (exact) mass is 279 g/mol. The molecule has 1 nitrogen and oxygen atoms in total. The van der Waals surface area contributed by atoms with E-state index in [9.17, 15) is 4.39 Å². The first kappa shape index (κ1) is 13.8. The first-order valence-corrected chi connectivity index (χ1v) is 7.25. The number of benzene rings is 3. The highest BCUT2D eigenvalue weighted by atomic mass is 19.1. The van der Waals surface area contributed by atoms with E-state index in [4.69, 9.17) is 0 Å². The van der Waals surface area contributed by atoms with Crippen LogP contribution < -0.4 is 5.32 Å². The van der Waals surface area contributed by atoms with E-state index < -0.39 is 0 Å². The van der Waals surface area contributed by atoms with Gasteiger partial charge in [0.2, 0.25) is 0 Å². The van der Waals surface area contributed by atoms with Crippen LogP contribution in [0, 0.1) is 5.82 Å². The molecule has 0 aromatic heterocycles. The normalized spacial score (nSPS) is 10.9. The molecular formula is C19H18FN. The molecule has 106 valence electrons. The second-order valence-electron chi connectivity index (χ2n) is 5.19. The quantitative estimate of drug-likeness (QED) is 0.686. The molecule has 2 heteroatoms. The standard InChI is InChI=1S/C19H18FN/c20-18-10-8-15(9-11-18)12-13-21-14-17-6-3-5-16-4-1-2-7-19(16)17/h1-11,21H,12-14H2. The third-order valence-corrected chi connectivity index (χ3v) is 3.70. The summed E-state index contributed by atoms with van der Waals surface area (Å²) in [4.78, 5) is 0. The predicted octanol–water partition coefficient (Wildman–Crippen LogP) is 4.31. The summed E-state index contributed by atoms with van der Waals surface area (Å²) < 4.78 is 12.8. The van der Waals surface area contributed by atoms with Gasteiger partial charge in [0.15, 0.2) is 0 Å². The smallest absolute Gasteiger partial charge is 0.123 e. The largest absolute Gasteiger partial charge is 0.312 e. The predicted molar refractivity (Wildman–Crippen MR) is 85.8 cm³/mol. The summed E-state index contributed by atoms with van der Waals surface area (Å²) in [6.07, 6.45) is 0.908. The van der Waals surface area contributed by atoms with E-state index in [1.54, 1.807) is 0 Å². The van der Waals surface area contributed by atoms with Crippen LogP contribution in [-0.4, -0.2) is 6.54 Å². The molecule has 0 amide bonds. The van der Waals surface area contributed by atoms with Crippen LogP contribution in [0.15, 0.2) is 66.7 Å². The lowest BCUT2D eigenvalue weighted by Gasteiger charge is -2.08. The van der Waals surface area contributed by atoms with Crippen molar-refractivity contribution in [1.82, 2.24) is 5.32 Å². The van der Waals surface area contributed by atoms with Crippen molar-refractivity contribution in [2.45, 2.75) is 13.0 Å². The fraction of sp³-hybridized carbons (Fsp3) is 0.158. The number of halogens is 1. The first-order chi connectivity index (χ1) is 10.3. The van der Waals surface area contributed by atoms with Gasteiger partial charge in [-0.05, 0) is 47.0 Å². The van der Waals surface area contributed by atoms with Crippen LogP contribution in [0.5, 0.6) is 0 Å². The van der Waals surface area contributed by atoms with Gasteiger partial charge in [-0.15, -0.1) is 0 Å². The third kappa shape index (κ3) is 3.47. The summed E-state index contributed by atoms with van der Waals surface area (Å²) in [6.45, 7) is 1.73. The van der Waals surface area contributed by atoms with E-state index >= 15 is 0 Å². The number of hydrogen-bond acceptors (Lipinski definition) is 1. The van der Waals surface area contributed by atoms with Gasteiger partial charge in [-0.3, -0.25) is 0 Å². The molecule has 0 saturated heterocycles. The van der Waals surface area contributed by atoms with Gasteiger partial charge in [0.05, 0.1) is 0 Å². The Bertz CT molecular complexity index is 714. The van der Waals surface area contributed by atoms with E-state index in [-0.39, 0.29) is 5.82 Å². The van der Waals surface area contributed by atoms with Gasteiger partial charge in [-0.2, -0.15) is 0 Å². The van der Waals surface area contributed by atoms with E-state index in [1.807, 2.05) is 12.1 Å². The van der Waals surface area contributed by atoms with Gasteiger partial charge in [0.25, 0.3) is 0 Å². The van der Waals surface area contributed by atoms with Crippen molar-refractivity contribution in [1.29, 1.82) is 0 Å². The minimum Gasteiger partial charge on any atom is -0.312 e. The Morgan fingerprint density at radius 3 is 2.43 bits per heavy atom. The molecule has 0 spiro atoms. The van der Waals surface area contributed by atoms with Crippen molar-refractivity contribution >= 4 is 10.8 Å². The summed E-state index contributed by atoms with van der Waals surface area (Å²) in [5, 5.41) is 6.04. The molecule has 0 aliphatic heterocycles. The van der Waals surface area contributed by atoms with Gasteiger partial charge in [-0.1, -0.05) is 54.6 Å². The second kappa shape index (κ2) is 6.51. The van der Waals surface area contributed by atoms with Crippen molar-refractivity contribution in [2.24, 2.45) is 0 Å². The summed E-state index contributed by atoms with van der Waals surface area (Å²) in [6, 6.07) is 21.5. The lowest BCUT2D eigenvalue weighted by Crippen LogP contribution is -2.16. The van der Waals surface area contributed by atoms with Gasteiger partial charge in [0, 0.05) is 6.54 Å². The van der Waals surface area contributed by atoms with Crippen LogP contribution in [-0.2, 0) is 13.0 Å². The second-order valence-corrected chi connectivity index (χ2v) is 5.19. The summed E-state index contributed by atoms with van der Waals surface area (Å²) in [5.74, 6) is -0.178. The summed E-state index contributed by atoms with van der Waals surface area (Å²) in [5.41, 5.74) is 2.47. The molecule has 0 atom stereocenters. The molecule has 0 heterocycles. The maximum Gasteiger partial charge on any atom is 0.123 e. The lowest BCUT2D eigenvalue weighted by atomic mass is 10.0. The first-order valence-electron chi connectivity index (χ1n) is 7.25. The SMILES string of the molecule is Fc1ccc(CCNCc2cccc3ccccc23)cc1. The van der Waals surface area contributed by atoms with E-state index in [2.05, 4.69) is 47.8 Å². The molecular weight excluding hydrogens is 261 g/mol. The van der Waals surface area contributed by atoms with E-state index in [0.29, 0.717) is 0 Å². The molecule has 21 heavy (non-hydrogen) atoms. The fourth-order valence-corrected chi connectivity index (χ4v) is 2.55. The highest BCUT2D eigenvalue weighted by Gasteiger charge is 2.00. The highest BCUT2D eigenvalue weighted by Crippen LogP contribution is 2.18. The Labute approximate surface area is 124 Å². The number of nitrogens with one attached hydrogen (secondary N) is 1. The van der Waals surface area contributed by atoms with Crippen molar-refractivity contribution in [3.05, 3.63) is 83.7 Å². The van der Waals surface area contributed by atoms with Crippen molar-refractivity contribution in [3.8, 4) is 0 Å². The molecule has 0 radical (unpaired) electrons. The molecule has 3 aromatic carbocycles. The molecule has 0 fully saturated rings. The maximum absolute atomic E-state index is 12.8. The Hall–Kier alpha value is -2.19. The molecule has 0 unspecified atom stereocenters. The number of rotatable bonds is 5. The molecule has 1 N–H and O–H groups in total. The number of hydrogen-bond donors (Lipinski definition) is 1. The van der Waals surface area contributed by atoms with E-state index in [1.165, 1.54) is 28.5 Å². The summed E-state index contributed by atoms with van der Waals surface area (Å²) >= 11 is 0. The molecule has 0 saturated carbocycles. The van der Waals surface area contributed by atoms with Crippen LogP contribution in [0.1, 0.15) is 11.1 Å². The van der Waals surface area contributed by atoms with Gasteiger partial charge in [0.1, 0.15) is 5.82 Å². The molecule has 3 aromatic rings. The zero-order chi connectivity index (χ0) is 14.5. The molecule has 0 aliphatic carbocycles. The minimum atomic E-state index is -0.178. The zero-order valence-electron chi connectivity index (χ0n) is 11.9. The Balaban J connectivity index is 1.58. The van der Waals surface area contributed by atoms with Gasteiger partial charge >= 0.3 is 0 Å². The van der Waals surface area contributed by atoms with Crippen LogP contribution in [0.2, 0.25) is 0 Å². The van der Waals surface area contributed by atoms with Crippen LogP contribution >= 0.6 is 0 Å².